The molecule has 2 rings (SSSR count). The summed E-state index contributed by atoms with van der Waals surface area (Å²) >= 11 is 0. The normalized spacial score (nSPS) is 25.6. The molecule has 6 heteroatoms. The monoisotopic (exact) mass is 268 g/mol. The summed E-state index contributed by atoms with van der Waals surface area (Å²) in [6.45, 7) is 5.21. The molecule has 0 saturated carbocycles. The topological polar surface area (TPSA) is 78.7 Å². The molecule has 6 nitrogen and oxygen atoms in total. The van der Waals surface area contributed by atoms with Crippen molar-refractivity contribution in [3.05, 3.63) is 0 Å². The van der Waals surface area contributed by atoms with Crippen LogP contribution >= 0.6 is 0 Å². The van der Waals surface area contributed by atoms with E-state index in [0.29, 0.717) is 12.1 Å². The molecular formula is C13H24N4O2. The quantitative estimate of drug-likeness (QED) is 0.698. The van der Waals surface area contributed by atoms with Crippen LogP contribution in [0.1, 0.15) is 26.2 Å². The fourth-order valence-electron chi connectivity index (χ4n) is 2.86. The van der Waals surface area contributed by atoms with Gasteiger partial charge in [0.05, 0.1) is 6.54 Å². The molecule has 2 aliphatic rings. The van der Waals surface area contributed by atoms with Gasteiger partial charge in [-0.1, -0.05) is 0 Å². The van der Waals surface area contributed by atoms with Crippen molar-refractivity contribution >= 4 is 11.8 Å². The Labute approximate surface area is 114 Å². The number of hydrogen-bond donors (Lipinski definition) is 2. The Hall–Kier alpha value is -1.14. The number of rotatable bonds is 3. The fourth-order valence-corrected chi connectivity index (χ4v) is 2.86. The van der Waals surface area contributed by atoms with E-state index in [2.05, 4.69) is 10.2 Å². The Balaban J connectivity index is 1.76. The van der Waals surface area contributed by atoms with Gasteiger partial charge in [0.25, 0.3) is 0 Å². The van der Waals surface area contributed by atoms with Gasteiger partial charge in [0.15, 0.2) is 0 Å². The van der Waals surface area contributed by atoms with Crippen molar-refractivity contribution in [1.82, 2.24) is 15.1 Å². The number of nitrogens with zero attached hydrogens (tertiary/aromatic N) is 2. The first-order valence-corrected chi connectivity index (χ1v) is 7.08. The van der Waals surface area contributed by atoms with E-state index < -0.39 is 0 Å². The zero-order valence-corrected chi connectivity index (χ0v) is 11.6. The smallest absolute Gasteiger partial charge is 0.242 e. The molecule has 0 aromatic carbocycles. The average molecular weight is 268 g/mol. The predicted octanol–water partition coefficient (Wildman–Crippen LogP) is -0.853. The second kappa shape index (κ2) is 6.34. The molecule has 1 unspecified atom stereocenters. The number of piperidine rings is 1. The van der Waals surface area contributed by atoms with E-state index in [1.54, 1.807) is 0 Å². The van der Waals surface area contributed by atoms with Gasteiger partial charge in [-0.25, -0.2) is 0 Å². The second-order valence-electron chi connectivity index (χ2n) is 5.57. The lowest BCUT2D eigenvalue weighted by Crippen LogP contribution is -2.47. The van der Waals surface area contributed by atoms with Gasteiger partial charge in [0, 0.05) is 32.1 Å². The minimum atomic E-state index is -0.158. The summed E-state index contributed by atoms with van der Waals surface area (Å²) in [5.41, 5.74) is 5.91. The third-order valence-electron chi connectivity index (χ3n) is 4.10. The molecule has 0 spiro atoms. The highest BCUT2D eigenvalue weighted by Crippen LogP contribution is 2.19. The molecule has 2 aliphatic heterocycles. The lowest BCUT2D eigenvalue weighted by molar-refractivity contribution is -0.131. The first-order chi connectivity index (χ1) is 9.06. The number of carbonyl (C=O) groups is 2. The van der Waals surface area contributed by atoms with Crippen molar-refractivity contribution in [2.24, 2.45) is 5.73 Å². The van der Waals surface area contributed by atoms with E-state index in [1.807, 2.05) is 4.90 Å². The standard InChI is InChI=1S/C13H24N4O2/c1-10(18)15-8-13(19)17-7-4-12(9-17)16-5-2-11(14)3-6-16/h11-12H,2-9,14H2,1H3,(H,15,18). The second-order valence-corrected chi connectivity index (χ2v) is 5.57. The van der Waals surface area contributed by atoms with E-state index in [0.717, 1.165) is 45.4 Å². The highest BCUT2D eigenvalue weighted by atomic mass is 16.2. The van der Waals surface area contributed by atoms with Gasteiger partial charge in [0.2, 0.25) is 11.8 Å². The maximum absolute atomic E-state index is 11.9. The lowest BCUT2D eigenvalue weighted by Gasteiger charge is -2.34. The van der Waals surface area contributed by atoms with Crippen LogP contribution in [-0.2, 0) is 9.59 Å². The van der Waals surface area contributed by atoms with Gasteiger partial charge in [-0.05, 0) is 32.4 Å². The zero-order chi connectivity index (χ0) is 13.8. The number of carbonyl (C=O) groups excluding carboxylic acids is 2. The maximum Gasteiger partial charge on any atom is 0.242 e. The largest absolute Gasteiger partial charge is 0.347 e. The summed E-state index contributed by atoms with van der Waals surface area (Å²) in [4.78, 5) is 27.0. The van der Waals surface area contributed by atoms with E-state index in [9.17, 15) is 9.59 Å². The van der Waals surface area contributed by atoms with Crippen LogP contribution in [-0.4, -0.2) is 66.4 Å². The van der Waals surface area contributed by atoms with Gasteiger partial charge in [0.1, 0.15) is 0 Å². The van der Waals surface area contributed by atoms with E-state index in [1.165, 1.54) is 6.92 Å². The highest BCUT2D eigenvalue weighted by Gasteiger charge is 2.31. The van der Waals surface area contributed by atoms with Crippen LogP contribution < -0.4 is 11.1 Å². The molecule has 0 bridgehead atoms. The first-order valence-electron chi connectivity index (χ1n) is 7.08. The van der Waals surface area contributed by atoms with Crippen LogP contribution in [0, 0.1) is 0 Å². The van der Waals surface area contributed by atoms with Crippen molar-refractivity contribution < 1.29 is 9.59 Å². The van der Waals surface area contributed by atoms with Crippen LogP contribution in [0.2, 0.25) is 0 Å². The van der Waals surface area contributed by atoms with Gasteiger partial charge in [-0.2, -0.15) is 0 Å². The number of amides is 2. The summed E-state index contributed by atoms with van der Waals surface area (Å²) < 4.78 is 0. The summed E-state index contributed by atoms with van der Waals surface area (Å²) in [5, 5.41) is 2.56. The predicted molar refractivity (Wildman–Crippen MR) is 72.5 cm³/mol. The van der Waals surface area contributed by atoms with Gasteiger partial charge >= 0.3 is 0 Å². The van der Waals surface area contributed by atoms with Crippen molar-refractivity contribution in [3.8, 4) is 0 Å². The maximum atomic E-state index is 11.9. The minimum Gasteiger partial charge on any atom is -0.347 e. The van der Waals surface area contributed by atoms with E-state index >= 15 is 0 Å². The van der Waals surface area contributed by atoms with Crippen molar-refractivity contribution in [2.45, 2.75) is 38.3 Å². The van der Waals surface area contributed by atoms with E-state index in [-0.39, 0.29) is 18.4 Å². The van der Waals surface area contributed by atoms with Gasteiger partial charge < -0.3 is 16.0 Å². The number of nitrogens with two attached hydrogens (primary N) is 1. The summed E-state index contributed by atoms with van der Waals surface area (Å²) in [6, 6.07) is 0.809. The van der Waals surface area contributed by atoms with Crippen molar-refractivity contribution in [2.75, 3.05) is 32.7 Å². The Morgan fingerprint density at radius 1 is 1.21 bits per heavy atom. The Kier molecular flexibility index (Phi) is 4.76. The molecule has 3 N–H and O–H groups in total. The third-order valence-corrected chi connectivity index (χ3v) is 4.10. The minimum absolute atomic E-state index is 0.0198. The Bertz CT molecular complexity index is 340. The summed E-state index contributed by atoms with van der Waals surface area (Å²) in [5.74, 6) is -0.138. The first kappa shape index (κ1) is 14.3. The molecule has 19 heavy (non-hydrogen) atoms. The summed E-state index contributed by atoms with van der Waals surface area (Å²) in [6.07, 6.45) is 3.13. The molecule has 2 heterocycles. The molecule has 2 amide bonds. The summed E-state index contributed by atoms with van der Waals surface area (Å²) in [7, 11) is 0. The number of nitrogens with one attached hydrogen (secondary N) is 1. The van der Waals surface area contributed by atoms with Crippen LogP contribution in [0.4, 0.5) is 0 Å². The molecule has 0 radical (unpaired) electrons. The van der Waals surface area contributed by atoms with Crippen LogP contribution in [0.25, 0.3) is 0 Å². The molecule has 2 saturated heterocycles. The Morgan fingerprint density at radius 2 is 1.89 bits per heavy atom. The molecule has 0 aromatic rings. The Morgan fingerprint density at radius 3 is 2.53 bits per heavy atom. The molecule has 0 aromatic heterocycles. The van der Waals surface area contributed by atoms with Crippen molar-refractivity contribution in [3.63, 3.8) is 0 Å². The molecule has 0 aliphatic carbocycles. The van der Waals surface area contributed by atoms with Crippen LogP contribution in [0.15, 0.2) is 0 Å². The molecule has 2 fully saturated rings. The average Bonchev–Trinajstić information content (AvgIpc) is 2.86. The van der Waals surface area contributed by atoms with Gasteiger partial charge in [-0.3, -0.25) is 14.5 Å². The zero-order valence-electron chi connectivity index (χ0n) is 11.6. The molecule has 1 atom stereocenters. The van der Waals surface area contributed by atoms with Crippen LogP contribution in [0.5, 0.6) is 0 Å². The molecular weight excluding hydrogens is 244 g/mol. The van der Waals surface area contributed by atoms with E-state index in [4.69, 9.17) is 5.73 Å². The highest BCUT2D eigenvalue weighted by molar-refractivity contribution is 5.83. The van der Waals surface area contributed by atoms with Gasteiger partial charge in [-0.15, -0.1) is 0 Å². The SMILES string of the molecule is CC(=O)NCC(=O)N1CCC(N2CCC(N)CC2)C1. The van der Waals surface area contributed by atoms with Crippen LogP contribution in [0.3, 0.4) is 0 Å². The van der Waals surface area contributed by atoms with Crippen molar-refractivity contribution in [1.29, 1.82) is 0 Å². The fraction of sp³-hybridized carbons (Fsp3) is 0.846. The number of hydrogen-bond acceptors (Lipinski definition) is 4. The lowest BCUT2D eigenvalue weighted by atomic mass is 10.0. The third kappa shape index (κ3) is 3.91. The number of likely N-dealkylation sites (tertiary alicyclic amines) is 2. The molecule has 108 valence electrons.